The van der Waals surface area contributed by atoms with Gasteiger partial charge in [-0.2, -0.15) is 4.98 Å². The molecular weight excluding hydrogens is 479 g/mol. The topological polar surface area (TPSA) is 82.1 Å². The Hall–Kier alpha value is -3.65. The molecule has 7 nitrogen and oxygen atoms in total. The van der Waals surface area contributed by atoms with Crippen molar-refractivity contribution in [2.45, 2.75) is 31.6 Å². The lowest BCUT2D eigenvalue weighted by Gasteiger charge is -2.34. The number of hydrogen-bond acceptors (Lipinski definition) is 6. The first-order valence-electron chi connectivity index (χ1n) is 11.9. The van der Waals surface area contributed by atoms with Crippen LogP contribution in [0, 0.1) is 5.82 Å². The van der Waals surface area contributed by atoms with Gasteiger partial charge in [-0.25, -0.2) is 14.4 Å². The fourth-order valence-corrected chi connectivity index (χ4v) is 5.20. The van der Waals surface area contributed by atoms with Gasteiger partial charge in [0.25, 0.3) is 0 Å². The third-order valence-corrected chi connectivity index (χ3v) is 7.13. The highest BCUT2D eigenvalue weighted by Gasteiger charge is 2.35. The zero-order chi connectivity index (χ0) is 25.4. The van der Waals surface area contributed by atoms with Gasteiger partial charge in [0, 0.05) is 37.2 Å². The van der Waals surface area contributed by atoms with Crippen LogP contribution in [0.25, 0.3) is 5.69 Å². The van der Waals surface area contributed by atoms with E-state index in [9.17, 15) is 4.39 Å². The molecule has 0 amide bonds. The Morgan fingerprint density at radius 3 is 2.50 bits per heavy atom. The van der Waals surface area contributed by atoms with Crippen LogP contribution < -0.4 is 15.4 Å². The third-order valence-electron chi connectivity index (χ3n) is 6.94. The van der Waals surface area contributed by atoms with Gasteiger partial charge in [-0.15, -0.1) is 0 Å². The lowest BCUT2D eigenvalue weighted by Crippen LogP contribution is -2.27. The first-order valence-corrected chi connectivity index (χ1v) is 12.3. The summed E-state index contributed by atoms with van der Waals surface area (Å²) in [5.74, 6) is 1.55. The van der Waals surface area contributed by atoms with Crippen molar-refractivity contribution in [1.29, 1.82) is 0 Å². The number of nitrogens with zero attached hydrogens (tertiary/aromatic N) is 5. The van der Waals surface area contributed by atoms with Crippen molar-refractivity contribution in [3.8, 4) is 11.4 Å². The molecule has 2 atom stereocenters. The second kappa shape index (κ2) is 9.78. The molecule has 0 aliphatic heterocycles. The molecule has 2 aromatic carbocycles. The summed E-state index contributed by atoms with van der Waals surface area (Å²) < 4.78 is 21.3. The Bertz CT molecular complexity index is 1390. The Labute approximate surface area is 214 Å². The van der Waals surface area contributed by atoms with E-state index in [0.29, 0.717) is 10.9 Å². The smallest absolute Gasteiger partial charge is 0.222 e. The van der Waals surface area contributed by atoms with Gasteiger partial charge in [0.05, 0.1) is 18.5 Å². The summed E-state index contributed by atoms with van der Waals surface area (Å²) in [5, 5.41) is 0.413. The number of fused-ring (bicyclic) bond motifs is 1. The third kappa shape index (κ3) is 4.37. The highest BCUT2D eigenvalue weighted by atomic mass is 35.5. The molecule has 0 bridgehead atoms. The Balaban J connectivity index is 1.65. The van der Waals surface area contributed by atoms with Crippen LogP contribution in [0.15, 0.2) is 55.0 Å². The lowest BCUT2D eigenvalue weighted by atomic mass is 9.74. The van der Waals surface area contributed by atoms with Crippen molar-refractivity contribution in [2.24, 2.45) is 0 Å². The highest BCUT2D eigenvalue weighted by molar-refractivity contribution is 6.29. The monoisotopic (exact) mass is 506 g/mol. The SMILES string of the molecule is CCN(C)c1nc(N)nc2c1C(c1ccc(-n3cnc(Cl)c3)c(OC)c1)CCC2c1ccc(F)cc1. The molecule has 0 saturated heterocycles. The van der Waals surface area contributed by atoms with Crippen molar-refractivity contribution in [1.82, 2.24) is 19.5 Å². The molecular formula is C27H28ClFN6O. The van der Waals surface area contributed by atoms with E-state index in [4.69, 9.17) is 27.1 Å². The Morgan fingerprint density at radius 2 is 1.83 bits per heavy atom. The molecule has 0 radical (unpaired) electrons. The van der Waals surface area contributed by atoms with E-state index in [-0.39, 0.29) is 23.6 Å². The number of halogens is 2. The number of anilines is 2. The van der Waals surface area contributed by atoms with Gasteiger partial charge in [0.2, 0.25) is 5.95 Å². The molecule has 2 N–H and O–H groups in total. The maximum atomic E-state index is 13.7. The number of nitrogen functional groups attached to an aromatic ring is 1. The number of nitrogens with two attached hydrogens (primary N) is 1. The summed E-state index contributed by atoms with van der Waals surface area (Å²) in [6.45, 7) is 2.84. The largest absolute Gasteiger partial charge is 0.495 e. The molecule has 2 aromatic heterocycles. The van der Waals surface area contributed by atoms with Crippen LogP contribution in [0.1, 0.15) is 54.0 Å². The first-order chi connectivity index (χ1) is 17.4. The minimum Gasteiger partial charge on any atom is -0.495 e. The zero-order valence-corrected chi connectivity index (χ0v) is 21.2. The highest BCUT2D eigenvalue weighted by Crippen LogP contribution is 2.48. The number of hydrogen-bond donors (Lipinski definition) is 1. The van der Waals surface area contributed by atoms with Crippen molar-refractivity contribution < 1.29 is 9.13 Å². The van der Waals surface area contributed by atoms with Crippen LogP contribution in [0.3, 0.4) is 0 Å². The minimum atomic E-state index is -0.257. The van der Waals surface area contributed by atoms with Gasteiger partial charge >= 0.3 is 0 Å². The van der Waals surface area contributed by atoms with Crippen LogP contribution in [-0.2, 0) is 0 Å². The number of methoxy groups -OCH3 is 1. The summed E-state index contributed by atoms with van der Waals surface area (Å²) in [4.78, 5) is 15.6. The van der Waals surface area contributed by atoms with Crippen LogP contribution in [0.5, 0.6) is 5.75 Å². The number of imidazole rings is 1. The second-order valence-corrected chi connectivity index (χ2v) is 9.37. The molecule has 1 aliphatic rings. The molecule has 36 heavy (non-hydrogen) atoms. The maximum Gasteiger partial charge on any atom is 0.222 e. The van der Waals surface area contributed by atoms with Crippen molar-refractivity contribution in [3.63, 3.8) is 0 Å². The fourth-order valence-electron chi connectivity index (χ4n) is 5.05. The van der Waals surface area contributed by atoms with Crippen molar-refractivity contribution >= 4 is 23.4 Å². The van der Waals surface area contributed by atoms with Crippen molar-refractivity contribution in [3.05, 3.63) is 88.3 Å². The summed E-state index contributed by atoms with van der Waals surface area (Å²) in [6.07, 6.45) is 5.11. The normalized spacial score (nSPS) is 17.0. The van der Waals surface area contributed by atoms with Gasteiger partial charge in [0.15, 0.2) is 0 Å². The minimum absolute atomic E-state index is 0.000385. The van der Waals surface area contributed by atoms with Crippen LogP contribution in [0.2, 0.25) is 5.15 Å². The number of benzene rings is 2. The lowest BCUT2D eigenvalue weighted by molar-refractivity contribution is 0.411. The molecule has 9 heteroatoms. The van der Waals surface area contributed by atoms with E-state index in [1.165, 1.54) is 12.1 Å². The molecule has 2 unspecified atom stereocenters. The van der Waals surface area contributed by atoms with Crippen LogP contribution in [-0.4, -0.2) is 40.2 Å². The molecule has 5 rings (SSSR count). The number of ether oxygens (including phenoxy) is 1. The first kappa shape index (κ1) is 24.1. The fraction of sp³-hybridized carbons (Fsp3) is 0.296. The summed E-state index contributed by atoms with van der Waals surface area (Å²) in [6, 6.07) is 12.8. The second-order valence-electron chi connectivity index (χ2n) is 8.99. The van der Waals surface area contributed by atoms with Gasteiger partial charge in [-0.3, -0.25) is 0 Å². The predicted molar refractivity (Wildman–Crippen MR) is 140 cm³/mol. The standard InChI is InChI=1S/C27H28ClFN6O/c1-4-34(2)26-24-19(17-7-12-21(22(13-17)36-3)35-14-23(28)31-15-35)10-11-20(25(24)32-27(30)33-26)16-5-8-18(29)9-6-16/h5-9,12-15,19-20H,4,10-11H2,1-3H3,(H2,30,32,33). The van der Waals surface area contributed by atoms with Gasteiger partial charge in [0.1, 0.15) is 28.9 Å². The Morgan fingerprint density at radius 1 is 1.11 bits per heavy atom. The van der Waals surface area contributed by atoms with E-state index in [1.54, 1.807) is 19.6 Å². The average Bonchev–Trinajstić information content (AvgIpc) is 3.33. The van der Waals surface area contributed by atoms with Gasteiger partial charge in [-0.05, 0) is 55.2 Å². The van der Waals surface area contributed by atoms with Gasteiger partial charge < -0.3 is 19.9 Å². The van der Waals surface area contributed by atoms with E-state index >= 15 is 0 Å². The number of rotatable bonds is 6. The summed E-state index contributed by atoms with van der Waals surface area (Å²) >= 11 is 6.04. The average molecular weight is 507 g/mol. The molecule has 4 aromatic rings. The molecule has 0 saturated carbocycles. The van der Waals surface area contributed by atoms with E-state index in [1.807, 2.05) is 29.8 Å². The zero-order valence-electron chi connectivity index (χ0n) is 20.4. The number of aromatic nitrogens is 4. The maximum absolute atomic E-state index is 13.7. The van der Waals surface area contributed by atoms with Crippen LogP contribution >= 0.6 is 11.6 Å². The van der Waals surface area contributed by atoms with E-state index in [2.05, 4.69) is 33.9 Å². The Kier molecular flexibility index (Phi) is 6.53. The predicted octanol–water partition coefficient (Wildman–Crippen LogP) is 5.56. The summed E-state index contributed by atoms with van der Waals surface area (Å²) in [7, 11) is 3.66. The quantitative estimate of drug-likeness (QED) is 0.368. The van der Waals surface area contributed by atoms with E-state index < -0.39 is 0 Å². The van der Waals surface area contributed by atoms with E-state index in [0.717, 1.165) is 53.3 Å². The van der Waals surface area contributed by atoms with Crippen molar-refractivity contribution in [2.75, 3.05) is 31.3 Å². The molecule has 0 spiro atoms. The molecule has 2 heterocycles. The molecule has 1 aliphatic carbocycles. The molecule has 0 fully saturated rings. The van der Waals surface area contributed by atoms with Gasteiger partial charge in [-0.1, -0.05) is 29.8 Å². The van der Waals surface area contributed by atoms with Crippen LogP contribution in [0.4, 0.5) is 16.2 Å². The molecule has 186 valence electrons. The summed E-state index contributed by atoms with van der Waals surface area (Å²) in [5.41, 5.74) is 11.1.